The molecule has 0 aliphatic carbocycles. The smallest absolute Gasteiger partial charge is 0.0393 e. The molecule has 1 aromatic carbocycles. The van der Waals surface area contributed by atoms with Gasteiger partial charge in [0.05, 0.1) is 0 Å². The van der Waals surface area contributed by atoms with Crippen LogP contribution in [0.15, 0.2) is 12.6 Å². The Morgan fingerprint density at radius 1 is 1.25 bits per heavy atom. The van der Waals surface area contributed by atoms with E-state index >= 15 is 0 Å². The molecule has 1 rings (SSSR count). The maximum atomic E-state index is 3.85. The van der Waals surface area contributed by atoms with Crippen molar-refractivity contribution in [3.05, 3.63) is 34.9 Å². The first-order valence-electron chi connectivity index (χ1n) is 4.27. The molecule has 0 amide bonds. The highest BCUT2D eigenvalue weighted by atomic mass is 28.1. The van der Waals surface area contributed by atoms with Crippen molar-refractivity contribution in [3.8, 4) is 0 Å². The molecule has 0 saturated heterocycles. The number of hydrogen-bond donors (Lipinski definition) is 0. The molecule has 12 heavy (non-hydrogen) atoms. The van der Waals surface area contributed by atoms with E-state index in [0.717, 1.165) is 10.2 Å². The minimum absolute atomic E-state index is 1.11. The van der Waals surface area contributed by atoms with Gasteiger partial charge in [-0.05, 0) is 43.0 Å². The highest BCUT2D eigenvalue weighted by Crippen LogP contribution is 2.15. The third-order valence-electron chi connectivity index (χ3n) is 2.62. The van der Waals surface area contributed by atoms with Crippen molar-refractivity contribution in [3.63, 3.8) is 0 Å². The van der Waals surface area contributed by atoms with Gasteiger partial charge < -0.3 is 0 Å². The second kappa shape index (κ2) is 3.28. The third kappa shape index (κ3) is 1.37. The van der Waals surface area contributed by atoms with Gasteiger partial charge in [-0.2, -0.15) is 0 Å². The van der Waals surface area contributed by atoms with Crippen LogP contribution in [0.5, 0.6) is 0 Å². The lowest BCUT2D eigenvalue weighted by Crippen LogP contribution is -2.11. The Morgan fingerprint density at radius 3 is 2.33 bits per heavy atom. The van der Waals surface area contributed by atoms with E-state index in [4.69, 9.17) is 0 Å². The molecule has 1 heteroatoms. The molecule has 0 N–H and O–H groups in total. The Kier molecular flexibility index (Phi) is 2.53. The molecule has 0 unspecified atom stereocenters. The second-order valence-electron chi connectivity index (χ2n) is 3.38. The standard InChI is InChI=1S/C11H16Si/c1-5-10-9(4)8(3)7(2)6-11(10)12/h5-6H,1H2,2-4,12H3. The van der Waals surface area contributed by atoms with Crippen molar-refractivity contribution in [1.82, 2.24) is 0 Å². The topological polar surface area (TPSA) is 0 Å². The highest BCUT2D eigenvalue weighted by molar-refractivity contribution is 6.34. The molecule has 0 heterocycles. The average molecular weight is 176 g/mol. The summed E-state index contributed by atoms with van der Waals surface area (Å²) in [5.74, 6) is 0. The van der Waals surface area contributed by atoms with E-state index in [1.165, 1.54) is 27.4 Å². The molecule has 0 fully saturated rings. The fourth-order valence-corrected chi connectivity index (χ4v) is 2.63. The van der Waals surface area contributed by atoms with E-state index in [1.54, 1.807) is 0 Å². The van der Waals surface area contributed by atoms with Crippen LogP contribution >= 0.6 is 0 Å². The summed E-state index contributed by atoms with van der Waals surface area (Å²) in [4.78, 5) is 0. The second-order valence-corrected chi connectivity index (χ2v) is 4.46. The quantitative estimate of drug-likeness (QED) is 0.565. The van der Waals surface area contributed by atoms with Gasteiger partial charge in [0.1, 0.15) is 0 Å². The van der Waals surface area contributed by atoms with Crippen molar-refractivity contribution in [2.24, 2.45) is 0 Å². The SMILES string of the molecule is C=Cc1c([SiH3])cc(C)c(C)c1C. The molecule has 0 aliphatic rings. The first-order valence-corrected chi connectivity index (χ1v) is 5.27. The van der Waals surface area contributed by atoms with Gasteiger partial charge in [-0.15, -0.1) is 0 Å². The van der Waals surface area contributed by atoms with Gasteiger partial charge in [-0.1, -0.05) is 23.9 Å². The minimum atomic E-state index is 1.11. The summed E-state index contributed by atoms with van der Waals surface area (Å²) in [6, 6.07) is 2.28. The Balaban J connectivity index is 3.51. The summed E-state index contributed by atoms with van der Waals surface area (Å²) in [6.45, 7) is 10.4. The van der Waals surface area contributed by atoms with E-state index in [0.29, 0.717) is 0 Å². The van der Waals surface area contributed by atoms with Crippen LogP contribution in [0.1, 0.15) is 22.3 Å². The Morgan fingerprint density at radius 2 is 1.83 bits per heavy atom. The van der Waals surface area contributed by atoms with Gasteiger partial charge >= 0.3 is 0 Å². The molecule has 64 valence electrons. The molecule has 0 aliphatic heterocycles. The van der Waals surface area contributed by atoms with E-state index in [2.05, 4.69) is 33.4 Å². The van der Waals surface area contributed by atoms with Crippen LogP contribution in [-0.2, 0) is 0 Å². The molecule has 0 radical (unpaired) electrons. The van der Waals surface area contributed by atoms with Gasteiger partial charge in [-0.3, -0.25) is 0 Å². The Bertz CT molecular complexity index is 324. The number of aryl methyl sites for hydroxylation is 1. The molecule has 0 bridgehead atoms. The van der Waals surface area contributed by atoms with Crippen molar-refractivity contribution in [1.29, 1.82) is 0 Å². The normalized spacial score (nSPS) is 10.2. The van der Waals surface area contributed by atoms with Crippen molar-refractivity contribution >= 4 is 21.5 Å². The lowest BCUT2D eigenvalue weighted by molar-refractivity contribution is 1.27. The van der Waals surface area contributed by atoms with Crippen LogP contribution in [0, 0.1) is 20.8 Å². The van der Waals surface area contributed by atoms with E-state index in [9.17, 15) is 0 Å². The predicted octanol–water partition coefficient (Wildman–Crippen LogP) is 1.25. The summed E-state index contributed by atoms with van der Waals surface area (Å²) in [7, 11) is 1.11. The zero-order chi connectivity index (χ0) is 9.30. The van der Waals surface area contributed by atoms with Gasteiger partial charge in [0, 0.05) is 10.2 Å². The molecule has 0 atom stereocenters. The van der Waals surface area contributed by atoms with Crippen LogP contribution in [0.25, 0.3) is 6.08 Å². The number of rotatable bonds is 1. The lowest BCUT2D eigenvalue weighted by atomic mass is 9.99. The maximum absolute atomic E-state index is 3.85. The lowest BCUT2D eigenvalue weighted by Gasteiger charge is -2.11. The summed E-state index contributed by atoms with van der Waals surface area (Å²) >= 11 is 0. The van der Waals surface area contributed by atoms with Crippen LogP contribution in [0.2, 0.25) is 0 Å². The first-order chi connectivity index (χ1) is 5.57. The van der Waals surface area contributed by atoms with Gasteiger partial charge in [0.25, 0.3) is 0 Å². The molecule has 0 nitrogen and oxygen atoms in total. The molecular weight excluding hydrogens is 160 g/mol. The van der Waals surface area contributed by atoms with Crippen LogP contribution in [0.4, 0.5) is 0 Å². The Labute approximate surface area is 77.7 Å². The number of hydrogen-bond acceptors (Lipinski definition) is 0. The van der Waals surface area contributed by atoms with Crippen LogP contribution in [0.3, 0.4) is 0 Å². The molecular formula is C11H16Si. The predicted molar refractivity (Wildman–Crippen MR) is 60.3 cm³/mol. The van der Waals surface area contributed by atoms with Crippen molar-refractivity contribution < 1.29 is 0 Å². The van der Waals surface area contributed by atoms with Crippen molar-refractivity contribution in [2.45, 2.75) is 20.8 Å². The van der Waals surface area contributed by atoms with Crippen LogP contribution < -0.4 is 5.19 Å². The number of benzene rings is 1. The summed E-state index contributed by atoms with van der Waals surface area (Å²) < 4.78 is 0. The molecule has 0 spiro atoms. The summed E-state index contributed by atoms with van der Waals surface area (Å²) in [5, 5.41) is 1.46. The van der Waals surface area contributed by atoms with E-state index < -0.39 is 0 Å². The zero-order valence-electron chi connectivity index (χ0n) is 8.36. The molecule has 1 aromatic rings. The van der Waals surface area contributed by atoms with Crippen molar-refractivity contribution in [2.75, 3.05) is 0 Å². The highest BCUT2D eigenvalue weighted by Gasteiger charge is 2.03. The van der Waals surface area contributed by atoms with Gasteiger partial charge in [0.2, 0.25) is 0 Å². The largest absolute Gasteiger partial charge is 0.0985 e. The monoisotopic (exact) mass is 176 g/mol. The zero-order valence-corrected chi connectivity index (χ0v) is 10.4. The minimum Gasteiger partial charge on any atom is -0.0985 e. The third-order valence-corrected chi connectivity index (χ3v) is 3.45. The van der Waals surface area contributed by atoms with Gasteiger partial charge in [-0.25, -0.2) is 0 Å². The summed E-state index contributed by atoms with van der Waals surface area (Å²) in [5.41, 5.74) is 5.56. The summed E-state index contributed by atoms with van der Waals surface area (Å²) in [6.07, 6.45) is 1.98. The fraction of sp³-hybridized carbons (Fsp3) is 0.273. The average Bonchev–Trinajstić information content (AvgIpc) is 2.01. The van der Waals surface area contributed by atoms with E-state index in [1.807, 2.05) is 6.08 Å². The van der Waals surface area contributed by atoms with E-state index in [-0.39, 0.29) is 0 Å². The Hall–Kier alpha value is -0.823. The maximum Gasteiger partial charge on any atom is 0.0393 e. The molecule has 0 aromatic heterocycles. The molecule has 0 saturated carbocycles. The van der Waals surface area contributed by atoms with Gasteiger partial charge in [0.15, 0.2) is 0 Å². The first kappa shape index (κ1) is 9.27. The van der Waals surface area contributed by atoms with Crippen LogP contribution in [-0.4, -0.2) is 10.2 Å². The fourth-order valence-electron chi connectivity index (χ4n) is 1.62.